The first-order valence-corrected chi connectivity index (χ1v) is 6.32. The third-order valence-electron chi connectivity index (χ3n) is 3.67. The number of aldehydes is 1. The van der Waals surface area contributed by atoms with Crippen molar-refractivity contribution < 1.29 is 9.53 Å². The Labute approximate surface area is 111 Å². The molecule has 1 aliphatic rings. The molecule has 3 heterocycles. The molecule has 0 radical (unpaired) electrons. The van der Waals surface area contributed by atoms with Crippen LogP contribution in [0, 0.1) is 0 Å². The summed E-state index contributed by atoms with van der Waals surface area (Å²) in [6.45, 7) is 2.98. The van der Waals surface area contributed by atoms with Crippen LogP contribution < -0.4 is 4.90 Å². The minimum absolute atomic E-state index is 0.239. The summed E-state index contributed by atoms with van der Waals surface area (Å²) in [5, 5.41) is 4.09. The summed E-state index contributed by atoms with van der Waals surface area (Å²) >= 11 is 0. The Morgan fingerprint density at radius 1 is 1.53 bits per heavy atom. The molecule has 1 saturated heterocycles. The highest BCUT2D eigenvalue weighted by Gasteiger charge is 2.30. The van der Waals surface area contributed by atoms with Crippen molar-refractivity contribution in [2.75, 3.05) is 18.6 Å². The molecule has 0 bridgehead atoms. The summed E-state index contributed by atoms with van der Waals surface area (Å²) in [7, 11) is 1.74. The largest absolute Gasteiger partial charge is 0.380 e. The highest BCUT2D eigenvalue weighted by Crippen LogP contribution is 2.25. The average molecular weight is 260 g/mol. The first kappa shape index (κ1) is 12.1. The molecular formula is C13H16N4O2. The van der Waals surface area contributed by atoms with Crippen molar-refractivity contribution in [3.63, 3.8) is 0 Å². The van der Waals surface area contributed by atoms with Crippen LogP contribution >= 0.6 is 0 Å². The van der Waals surface area contributed by atoms with Crippen molar-refractivity contribution in [3.05, 3.63) is 24.0 Å². The molecule has 2 aromatic heterocycles. The molecule has 0 aliphatic carbocycles. The molecule has 19 heavy (non-hydrogen) atoms. The second-order valence-corrected chi connectivity index (χ2v) is 4.87. The number of carbonyl (C=O) groups is 1. The molecule has 0 spiro atoms. The van der Waals surface area contributed by atoms with Crippen molar-refractivity contribution in [3.8, 4) is 0 Å². The second kappa shape index (κ2) is 4.62. The van der Waals surface area contributed by atoms with Gasteiger partial charge in [0.05, 0.1) is 17.9 Å². The third-order valence-corrected chi connectivity index (χ3v) is 3.67. The van der Waals surface area contributed by atoms with Crippen molar-refractivity contribution in [2.24, 2.45) is 0 Å². The highest BCUT2D eigenvalue weighted by molar-refractivity contribution is 5.84. The fourth-order valence-corrected chi connectivity index (χ4v) is 2.59. The number of hydrogen-bond acceptors (Lipinski definition) is 5. The molecule has 2 atom stereocenters. The number of ether oxygens (including phenoxy) is 1. The van der Waals surface area contributed by atoms with Crippen molar-refractivity contribution in [1.29, 1.82) is 0 Å². The molecule has 1 aliphatic heterocycles. The van der Waals surface area contributed by atoms with Crippen molar-refractivity contribution in [2.45, 2.75) is 25.5 Å². The van der Waals surface area contributed by atoms with Gasteiger partial charge in [-0.1, -0.05) is 0 Å². The second-order valence-electron chi connectivity index (χ2n) is 4.87. The topological polar surface area (TPSA) is 59.7 Å². The van der Waals surface area contributed by atoms with Crippen LogP contribution in [-0.2, 0) is 4.74 Å². The molecule has 2 aromatic rings. The molecule has 1 fully saturated rings. The van der Waals surface area contributed by atoms with E-state index >= 15 is 0 Å². The Kier molecular flexibility index (Phi) is 2.94. The van der Waals surface area contributed by atoms with Gasteiger partial charge in [-0.15, -0.1) is 0 Å². The van der Waals surface area contributed by atoms with Crippen molar-refractivity contribution >= 4 is 17.8 Å². The standard InChI is InChI=1S/C13H16N4O2/c1-9-5-11(19-2)7-16(9)12-3-4-17-13(15-12)10(8-18)6-14-17/h3-4,6,8-9,11H,5,7H2,1-2H3. The zero-order valence-electron chi connectivity index (χ0n) is 11.0. The Morgan fingerprint density at radius 3 is 3.05 bits per heavy atom. The third kappa shape index (κ3) is 1.98. The molecule has 0 amide bonds. The Balaban J connectivity index is 1.98. The predicted molar refractivity (Wildman–Crippen MR) is 70.6 cm³/mol. The van der Waals surface area contributed by atoms with Gasteiger partial charge in [-0.05, 0) is 19.4 Å². The summed E-state index contributed by atoms with van der Waals surface area (Å²) in [5.74, 6) is 0.864. The zero-order valence-corrected chi connectivity index (χ0v) is 11.0. The van der Waals surface area contributed by atoms with Gasteiger partial charge in [-0.2, -0.15) is 5.10 Å². The monoisotopic (exact) mass is 260 g/mol. The lowest BCUT2D eigenvalue weighted by atomic mass is 10.2. The van der Waals surface area contributed by atoms with Crippen LogP contribution in [-0.4, -0.2) is 46.7 Å². The van der Waals surface area contributed by atoms with Gasteiger partial charge in [0.1, 0.15) is 5.82 Å². The predicted octanol–water partition coefficient (Wildman–Crippen LogP) is 1.16. The number of nitrogens with zero attached hydrogens (tertiary/aromatic N) is 4. The minimum atomic E-state index is 0.239. The van der Waals surface area contributed by atoms with Crippen LogP contribution in [0.15, 0.2) is 18.5 Å². The molecule has 0 saturated carbocycles. The SMILES string of the molecule is COC1CC(C)N(c2ccn3ncc(C=O)c3n2)C1. The maximum absolute atomic E-state index is 10.9. The van der Waals surface area contributed by atoms with Gasteiger partial charge >= 0.3 is 0 Å². The number of fused-ring (bicyclic) bond motifs is 1. The van der Waals surface area contributed by atoms with E-state index in [1.54, 1.807) is 11.6 Å². The fourth-order valence-electron chi connectivity index (χ4n) is 2.59. The van der Waals surface area contributed by atoms with Gasteiger partial charge in [0.15, 0.2) is 11.9 Å². The molecule has 3 rings (SSSR count). The molecule has 0 aromatic carbocycles. The highest BCUT2D eigenvalue weighted by atomic mass is 16.5. The van der Waals surface area contributed by atoms with Gasteiger partial charge in [0.25, 0.3) is 0 Å². The summed E-state index contributed by atoms with van der Waals surface area (Å²) < 4.78 is 7.02. The van der Waals surface area contributed by atoms with E-state index in [1.165, 1.54) is 6.20 Å². The fraction of sp³-hybridized carbons (Fsp3) is 0.462. The van der Waals surface area contributed by atoms with Gasteiger partial charge in [-0.3, -0.25) is 4.79 Å². The van der Waals surface area contributed by atoms with Gasteiger partial charge in [-0.25, -0.2) is 9.50 Å². The van der Waals surface area contributed by atoms with Gasteiger partial charge in [0.2, 0.25) is 0 Å². The maximum atomic E-state index is 10.9. The molecule has 6 heteroatoms. The summed E-state index contributed by atoms with van der Waals surface area (Å²) in [6.07, 6.45) is 5.37. The minimum Gasteiger partial charge on any atom is -0.380 e. The number of methoxy groups -OCH3 is 1. The lowest BCUT2D eigenvalue weighted by Crippen LogP contribution is -2.28. The number of hydrogen-bond donors (Lipinski definition) is 0. The average Bonchev–Trinajstić information content (AvgIpc) is 3.00. The van der Waals surface area contributed by atoms with Crippen LogP contribution in [0.4, 0.5) is 5.82 Å². The molecule has 2 unspecified atom stereocenters. The molecule has 100 valence electrons. The summed E-state index contributed by atoms with van der Waals surface area (Å²) in [5.41, 5.74) is 1.11. The zero-order chi connectivity index (χ0) is 13.4. The number of anilines is 1. The molecular weight excluding hydrogens is 244 g/mol. The van der Waals surface area contributed by atoms with E-state index in [-0.39, 0.29) is 6.10 Å². The normalized spacial score (nSPS) is 23.2. The Bertz CT molecular complexity index is 610. The van der Waals surface area contributed by atoms with Crippen molar-refractivity contribution in [1.82, 2.24) is 14.6 Å². The first-order valence-electron chi connectivity index (χ1n) is 6.32. The van der Waals surface area contributed by atoms with E-state index in [1.807, 2.05) is 12.3 Å². The van der Waals surface area contributed by atoms with Crippen LogP contribution in [0.25, 0.3) is 5.65 Å². The summed E-state index contributed by atoms with van der Waals surface area (Å²) in [6, 6.07) is 2.30. The smallest absolute Gasteiger partial charge is 0.167 e. The van der Waals surface area contributed by atoms with E-state index in [0.29, 0.717) is 17.3 Å². The van der Waals surface area contributed by atoms with Gasteiger partial charge in [0, 0.05) is 25.9 Å². The number of carbonyl (C=O) groups excluding carboxylic acids is 1. The quantitative estimate of drug-likeness (QED) is 0.775. The summed E-state index contributed by atoms with van der Waals surface area (Å²) in [4.78, 5) is 17.7. The van der Waals surface area contributed by atoms with E-state index in [0.717, 1.165) is 25.1 Å². The molecule has 0 N–H and O–H groups in total. The lowest BCUT2D eigenvalue weighted by Gasteiger charge is -2.22. The maximum Gasteiger partial charge on any atom is 0.167 e. The van der Waals surface area contributed by atoms with Crippen LogP contribution in [0.5, 0.6) is 0 Å². The lowest BCUT2D eigenvalue weighted by molar-refractivity contribution is 0.112. The van der Waals surface area contributed by atoms with Crippen LogP contribution in [0.2, 0.25) is 0 Å². The number of rotatable bonds is 3. The Morgan fingerprint density at radius 2 is 2.37 bits per heavy atom. The van der Waals surface area contributed by atoms with E-state index in [9.17, 15) is 4.79 Å². The van der Waals surface area contributed by atoms with E-state index < -0.39 is 0 Å². The molecule has 6 nitrogen and oxygen atoms in total. The van der Waals surface area contributed by atoms with E-state index in [4.69, 9.17) is 4.74 Å². The Hall–Kier alpha value is -1.95. The van der Waals surface area contributed by atoms with Crippen LogP contribution in [0.3, 0.4) is 0 Å². The van der Waals surface area contributed by atoms with Gasteiger partial charge < -0.3 is 9.64 Å². The number of aromatic nitrogens is 3. The van der Waals surface area contributed by atoms with E-state index in [2.05, 4.69) is 21.9 Å². The first-order chi connectivity index (χ1) is 9.22. The van der Waals surface area contributed by atoms with Crippen LogP contribution in [0.1, 0.15) is 23.7 Å².